The zero-order valence-corrected chi connectivity index (χ0v) is 13.2. The van der Waals surface area contributed by atoms with Gasteiger partial charge < -0.3 is 10.4 Å². The van der Waals surface area contributed by atoms with Crippen molar-refractivity contribution in [2.75, 3.05) is 5.32 Å². The Hall–Kier alpha value is -3.21. The third-order valence-corrected chi connectivity index (χ3v) is 3.77. The van der Waals surface area contributed by atoms with Crippen LogP contribution >= 0.6 is 0 Å². The lowest BCUT2D eigenvalue weighted by Gasteiger charge is -2.09. The van der Waals surface area contributed by atoms with E-state index in [4.69, 9.17) is 5.11 Å². The fraction of sp³-hybridized carbons (Fsp3) is 0.0500. The van der Waals surface area contributed by atoms with Gasteiger partial charge in [-0.15, -0.1) is 0 Å². The minimum absolute atomic E-state index is 0.103. The van der Waals surface area contributed by atoms with Gasteiger partial charge in [0, 0.05) is 12.2 Å². The molecule has 0 saturated carbocycles. The van der Waals surface area contributed by atoms with Gasteiger partial charge in [0.1, 0.15) is 11.6 Å². The summed E-state index contributed by atoms with van der Waals surface area (Å²) in [5.41, 5.74) is 3.13. The Morgan fingerprint density at radius 1 is 0.840 bits per heavy atom. The molecule has 0 unspecified atom stereocenters. The van der Waals surface area contributed by atoms with E-state index in [1.165, 1.54) is 24.3 Å². The van der Waals surface area contributed by atoms with Gasteiger partial charge in [-0.1, -0.05) is 36.4 Å². The number of carboxylic acids is 1. The molecule has 3 aromatic rings. The number of halogens is 2. The molecule has 0 bridgehead atoms. The Labute approximate surface area is 143 Å². The number of rotatable bonds is 5. The summed E-state index contributed by atoms with van der Waals surface area (Å²) >= 11 is 0. The highest BCUT2D eigenvalue weighted by atomic mass is 19.1. The minimum atomic E-state index is -1.17. The first kappa shape index (κ1) is 16.6. The molecule has 5 heteroatoms. The number of aromatic carboxylic acids is 1. The van der Waals surface area contributed by atoms with Crippen LogP contribution in [0.25, 0.3) is 11.1 Å². The van der Waals surface area contributed by atoms with Crippen LogP contribution in [0.1, 0.15) is 15.9 Å². The van der Waals surface area contributed by atoms with Gasteiger partial charge in [0.2, 0.25) is 0 Å². The van der Waals surface area contributed by atoms with Gasteiger partial charge in [-0.25, -0.2) is 13.6 Å². The molecule has 0 spiro atoms. The summed E-state index contributed by atoms with van der Waals surface area (Å²) in [7, 11) is 0. The lowest BCUT2D eigenvalue weighted by atomic mass is 10.0. The van der Waals surface area contributed by atoms with E-state index in [0.29, 0.717) is 12.2 Å². The van der Waals surface area contributed by atoms with Crippen molar-refractivity contribution in [1.29, 1.82) is 0 Å². The second-order valence-electron chi connectivity index (χ2n) is 5.59. The van der Waals surface area contributed by atoms with Gasteiger partial charge in [0.15, 0.2) is 0 Å². The molecule has 3 nitrogen and oxygen atoms in total. The van der Waals surface area contributed by atoms with E-state index in [1.54, 1.807) is 12.1 Å². The fourth-order valence-corrected chi connectivity index (χ4v) is 2.48. The fourth-order valence-electron chi connectivity index (χ4n) is 2.48. The second kappa shape index (κ2) is 7.13. The van der Waals surface area contributed by atoms with Crippen LogP contribution in [0.2, 0.25) is 0 Å². The van der Waals surface area contributed by atoms with Gasteiger partial charge >= 0.3 is 5.97 Å². The molecule has 2 N–H and O–H groups in total. The Kier molecular flexibility index (Phi) is 4.75. The Morgan fingerprint density at radius 3 is 2.04 bits per heavy atom. The Morgan fingerprint density at radius 2 is 1.44 bits per heavy atom. The molecular weight excluding hydrogens is 324 g/mol. The van der Waals surface area contributed by atoms with E-state index in [0.717, 1.165) is 22.8 Å². The Balaban J connectivity index is 1.70. The van der Waals surface area contributed by atoms with Crippen molar-refractivity contribution < 1.29 is 18.7 Å². The predicted molar refractivity (Wildman–Crippen MR) is 92.5 cm³/mol. The van der Waals surface area contributed by atoms with E-state index < -0.39 is 11.8 Å². The molecule has 25 heavy (non-hydrogen) atoms. The van der Waals surface area contributed by atoms with Gasteiger partial charge in [0.05, 0.1) is 5.56 Å². The third-order valence-electron chi connectivity index (χ3n) is 3.77. The molecule has 0 radical (unpaired) electrons. The summed E-state index contributed by atoms with van der Waals surface area (Å²) in [6.07, 6.45) is 0. The number of carbonyl (C=O) groups is 1. The number of nitrogens with one attached hydrogen (secondary N) is 1. The molecule has 0 atom stereocenters. The van der Waals surface area contributed by atoms with Crippen molar-refractivity contribution in [2.24, 2.45) is 0 Å². The highest BCUT2D eigenvalue weighted by molar-refractivity contribution is 5.88. The molecule has 0 saturated heterocycles. The molecule has 0 aliphatic heterocycles. The molecule has 3 aromatic carbocycles. The van der Waals surface area contributed by atoms with Crippen molar-refractivity contribution in [3.63, 3.8) is 0 Å². The maximum absolute atomic E-state index is 13.5. The van der Waals surface area contributed by atoms with Crippen LogP contribution in [0, 0.1) is 11.6 Å². The summed E-state index contributed by atoms with van der Waals surface area (Å²) in [5.74, 6) is -2.05. The van der Waals surface area contributed by atoms with Gasteiger partial charge in [0.25, 0.3) is 0 Å². The van der Waals surface area contributed by atoms with E-state index in [9.17, 15) is 13.6 Å². The average molecular weight is 339 g/mol. The van der Waals surface area contributed by atoms with E-state index in [1.807, 2.05) is 24.3 Å². The molecule has 0 aliphatic rings. The van der Waals surface area contributed by atoms with Crippen molar-refractivity contribution >= 4 is 11.7 Å². The first-order valence-electron chi connectivity index (χ1n) is 7.64. The molecule has 0 fully saturated rings. The summed E-state index contributed by atoms with van der Waals surface area (Å²) in [4.78, 5) is 11.0. The highest BCUT2D eigenvalue weighted by Gasteiger charge is 2.07. The number of anilines is 1. The van der Waals surface area contributed by atoms with Crippen LogP contribution in [0.5, 0.6) is 0 Å². The second-order valence-corrected chi connectivity index (χ2v) is 5.59. The van der Waals surface area contributed by atoms with Gasteiger partial charge in [-0.3, -0.25) is 0 Å². The standard InChI is InChI=1S/C20H15F2NO2/c21-17-7-5-15(6-8-17)14-3-1-13(2-4-14)12-23-19-10-16(20(24)25)9-18(22)11-19/h1-11,23H,12H2,(H,24,25). The predicted octanol–water partition coefficient (Wildman–Crippen LogP) is 4.94. The third kappa shape index (κ3) is 4.20. The molecule has 0 amide bonds. The van der Waals surface area contributed by atoms with E-state index >= 15 is 0 Å². The zero-order valence-electron chi connectivity index (χ0n) is 13.2. The first-order chi connectivity index (χ1) is 12.0. The normalized spacial score (nSPS) is 10.5. The van der Waals surface area contributed by atoms with Crippen LogP contribution in [0.15, 0.2) is 66.7 Å². The topological polar surface area (TPSA) is 49.3 Å². The monoisotopic (exact) mass is 339 g/mol. The van der Waals surface area contributed by atoms with Crippen molar-refractivity contribution in [1.82, 2.24) is 0 Å². The van der Waals surface area contributed by atoms with Crippen molar-refractivity contribution in [2.45, 2.75) is 6.54 Å². The molecule has 0 aliphatic carbocycles. The SMILES string of the molecule is O=C(O)c1cc(F)cc(NCc2ccc(-c3ccc(F)cc3)cc2)c1. The summed E-state index contributed by atoms with van der Waals surface area (Å²) in [6, 6.07) is 17.5. The van der Waals surface area contributed by atoms with E-state index in [2.05, 4.69) is 5.32 Å². The van der Waals surface area contributed by atoms with Crippen LogP contribution in [0.4, 0.5) is 14.5 Å². The largest absolute Gasteiger partial charge is 0.478 e. The quantitative estimate of drug-likeness (QED) is 0.692. The number of benzene rings is 3. The lowest BCUT2D eigenvalue weighted by Crippen LogP contribution is -2.03. The highest BCUT2D eigenvalue weighted by Crippen LogP contribution is 2.21. The summed E-state index contributed by atoms with van der Waals surface area (Å²) in [6.45, 7) is 0.423. The minimum Gasteiger partial charge on any atom is -0.478 e. The number of hydrogen-bond donors (Lipinski definition) is 2. The van der Waals surface area contributed by atoms with Gasteiger partial charge in [-0.05, 0) is 47.0 Å². The van der Waals surface area contributed by atoms with Crippen molar-refractivity contribution in [3.8, 4) is 11.1 Å². The lowest BCUT2D eigenvalue weighted by molar-refractivity contribution is 0.0696. The first-order valence-corrected chi connectivity index (χ1v) is 7.64. The van der Waals surface area contributed by atoms with Crippen LogP contribution in [-0.4, -0.2) is 11.1 Å². The number of carboxylic acid groups (broad SMARTS) is 1. The van der Waals surface area contributed by atoms with Crippen molar-refractivity contribution in [3.05, 3.63) is 89.5 Å². The molecule has 126 valence electrons. The van der Waals surface area contributed by atoms with Crippen LogP contribution in [-0.2, 0) is 6.54 Å². The smallest absolute Gasteiger partial charge is 0.335 e. The molecule has 0 heterocycles. The van der Waals surface area contributed by atoms with Crippen LogP contribution < -0.4 is 5.32 Å². The maximum Gasteiger partial charge on any atom is 0.335 e. The van der Waals surface area contributed by atoms with Gasteiger partial charge in [-0.2, -0.15) is 0 Å². The Bertz CT molecular complexity index is 891. The summed E-state index contributed by atoms with van der Waals surface area (Å²) < 4.78 is 26.4. The average Bonchev–Trinajstić information content (AvgIpc) is 2.61. The molecule has 3 rings (SSSR count). The zero-order chi connectivity index (χ0) is 17.8. The summed E-state index contributed by atoms with van der Waals surface area (Å²) in [5, 5.41) is 12.0. The van der Waals surface area contributed by atoms with E-state index in [-0.39, 0.29) is 11.4 Å². The molecule has 0 aromatic heterocycles. The maximum atomic E-state index is 13.5. The number of hydrogen-bond acceptors (Lipinski definition) is 2. The van der Waals surface area contributed by atoms with Crippen LogP contribution in [0.3, 0.4) is 0 Å². The molecular formula is C20H15F2NO2.